The van der Waals surface area contributed by atoms with Gasteiger partial charge in [0, 0.05) is 49.2 Å². The van der Waals surface area contributed by atoms with Crippen molar-refractivity contribution < 1.29 is 14.3 Å². The topological polar surface area (TPSA) is 66.0 Å². The summed E-state index contributed by atoms with van der Waals surface area (Å²) in [5, 5.41) is 0. The predicted octanol–water partition coefficient (Wildman–Crippen LogP) is 4.79. The van der Waals surface area contributed by atoms with E-state index in [0.717, 1.165) is 41.3 Å². The molecule has 0 spiro atoms. The van der Waals surface area contributed by atoms with E-state index in [1.54, 1.807) is 17.0 Å². The Kier molecular flexibility index (Phi) is 7.26. The molecule has 0 unspecified atom stereocenters. The highest BCUT2D eigenvalue weighted by Gasteiger charge is 2.31. The standard InChI is InChI=1S/C27H28N4O3.ClH/c1-19-16-23(21-6-4-3-5-7-21)17-28-25(19)29-12-14-30(15-13-29)26(32)22-8-10-24(11-9-22)31-20(2)18-34-27(31)33;/h3-11,16-17,20H,12-15,18H2,1-2H3;1H/t20-;/m1./s1. The van der Waals surface area contributed by atoms with Crippen molar-refractivity contribution in [1.82, 2.24) is 9.88 Å². The number of ether oxygens (including phenoxy) is 1. The second-order valence-corrected chi connectivity index (χ2v) is 8.85. The molecule has 0 N–H and O–H groups in total. The number of rotatable bonds is 4. The summed E-state index contributed by atoms with van der Waals surface area (Å²) in [6.07, 6.45) is 1.58. The van der Waals surface area contributed by atoms with Crippen LogP contribution in [-0.4, -0.2) is 60.7 Å². The zero-order valence-corrected chi connectivity index (χ0v) is 20.7. The number of nitrogens with zero attached hydrogens (tertiary/aromatic N) is 4. The summed E-state index contributed by atoms with van der Waals surface area (Å²) in [7, 11) is 0. The van der Waals surface area contributed by atoms with Gasteiger partial charge in [0.25, 0.3) is 5.91 Å². The first kappa shape index (κ1) is 24.5. The van der Waals surface area contributed by atoms with Crippen molar-refractivity contribution in [3.8, 4) is 11.1 Å². The van der Waals surface area contributed by atoms with Crippen LogP contribution in [0.3, 0.4) is 0 Å². The fourth-order valence-electron chi connectivity index (χ4n) is 4.63. The van der Waals surface area contributed by atoms with Crippen LogP contribution in [0.5, 0.6) is 0 Å². The molecule has 1 atom stereocenters. The van der Waals surface area contributed by atoms with Gasteiger partial charge in [0.05, 0.1) is 6.04 Å². The number of amides is 2. The van der Waals surface area contributed by atoms with Gasteiger partial charge in [0.15, 0.2) is 0 Å². The van der Waals surface area contributed by atoms with Gasteiger partial charge >= 0.3 is 6.09 Å². The molecule has 2 saturated heterocycles. The van der Waals surface area contributed by atoms with E-state index in [-0.39, 0.29) is 30.4 Å². The molecule has 0 bridgehead atoms. The number of pyridine rings is 1. The van der Waals surface area contributed by atoms with Crippen molar-refractivity contribution >= 4 is 35.9 Å². The largest absolute Gasteiger partial charge is 0.447 e. The van der Waals surface area contributed by atoms with Gasteiger partial charge in [0.2, 0.25) is 0 Å². The summed E-state index contributed by atoms with van der Waals surface area (Å²) in [6.45, 7) is 7.15. The number of aryl methyl sites for hydroxylation is 1. The Hall–Kier alpha value is -3.58. The molecule has 182 valence electrons. The van der Waals surface area contributed by atoms with Crippen molar-refractivity contribution in [2.45, 2.75) is 19.9 Å². The Morgan fingerprint density at radius 2 is 1.66 bits per heavy atom. The first-order valence-electron chi connectivity index (χ1n) is 11.6. The molecule has 0 aliphatic carbocycles. The molecular weight excluding hydrogens is 464 g/mol. The molecule has 2 fully saturated rings. The number of cyclic esters (lactones) is 1. The van der Waals surface area contributed by atoms with Gasteiger partial charge in [-0.3, -0.25) is 9.69 Å². The van der Waals surface area contributed by atoms with E-state index in [9.17, 15) is 9.59 Å². The average molecular weight is 493 g/mol. The highest BCUT2D eigenvalue weighted by molar-refractivity contribution is 5.96. The molecule has 0 radical (unpaired) electrons. The number of hydrogen-bond acceptors (Lipinski definition) is 5. The maximum Gasteiger partial charge on any atom is 0.414 e. The summed E-state index contributed by atoms with van der Waals surface area (Å²) in [5.41, 5.74) is 4.76. The predicted molar refractivity (Wildman–Crippen MR) is 140 cm³/mol. The van der Waals surface area contributed by atoms with Crippen molar-refractivity contribution in [3.63, 3.8) is 0 Å². The van der Waals surface area contributed by atoms with Crippen LogP contribution in [0.15, 0.2) is 66.9 Å². The van der Waals surface area contributed by atoms with Crippen LogP contribution in [0.1, 0.15) is 22.8 Å². The van der Waals surface area contributed by atoms with Crippen LogP contribution in [0.4, 0.5) is 16.3 Å². The number of benzene rings is 2. The van der Waals surface area contributed by atoms with Crippen LogP contribution in [0.2, 0.25) is 0 Å². The second-order valence-electron chi connectivity index (χ2n) is 8.85. The van der Waals surface area contributed by atoms with Crippen molar-refractivity contribution in [3.05, 3.63) is 78.0 Å². The van der Waals surface area contributed by atoms with Crippen molar-refractivity contribution in [2.75, 3.05) is 42.6 Å². The van der Waals surface area contributed by atoms with Gasteiger partial charge in [0.1, 0.15) is 12.4 Å². The summed E-state index contributed by atoms with van der Waals surface area (Å²) in [5.74, 6) is 0.982. The van der Waals surface area contributed by atoms with Crippen LogP contribution in [-0.2, 0) is 4.74 Å². The summed E-state index contributed by atoms with van der Waals surface area (Å²) in [6, 6.07) is 19.6. The number of piperazine rings is 1. The number of halogens is 1. The van der Waals surface area contributed by atoms with Crippen molar-refractivity contribution in [2.24, 2.45) is 0 Å². The number of hydrogen-bond donors (Lipinski definition) is 0. The third-order valence-corrected chi connectivity index (χ3v) is 6.50. The summed E-state index contributed by atoms with van der Waals surface area (Å²) in [4.78, 5) is 35.5. The minimum Gasteiger partial charge on any atom is -0.447 e. The maximum absolute atomic E-state index is 13.1. The fourth-order valence-corrected chi connectivity index (χ4v) is 4.63. The third kappa shape index (κ3) is 4.95. The van der Waals surface area contributed by atoms with Gasteiger partial charge in [-0.25, -0.2) is 9.78 Å². The molecular formula is C27H29ClN4O3. The van der Waals surface area contributed by atoms with E-state index in [0.29, 0.717) is 25.3 Å². The molecule has 3 heterocycles. The number of carbonyl (C=O) groups excluding carboxylic acids is 2. The molecule has 2 aliphatic rings. The fraction of sp³-hybridized carbons (Fsp3) is 0.296. The average Bonchev–Trinajstić information content (AvgIpc) is 3.22. The van der Waals surface area contributed by atoms with E-state index in [2.05, 4.69) is 30.0 Å². The molecule has 2 amide bonds. The highest BCUT2D eigenvalue weighted by atomic mass is 35.5. The zero-order chi connectivity index (χ0) is 23.7. The minimum absolute atomic E-state index is 0. The Morgan fingerprint density at radius 1 is 0.971 bits per heavy atom. The Labute approximate surface area is 211 Å². The maximum atomic E-state index is 13.1. The molecule has 5 rings (SSSR count). The highest BCUT2D eigenvalue weighted by Crippen LogP contribution is 2.26. The van der Waals surface area contributed by atoms with Gasteiger partial charge in [-0.05, 0) is 55.3 Å². The molecule has 35 heavy (non-hydrogen) atoms. The van der Waals surface area contributed by atoms with Gasteiger partial charge in [-0.2, -0.15) is 0 Å². The summed E-state index contributed by atoms with van der Waals surface area (Å²) >= 11 is 0. The van der Waals surface area contributed by atoms with Gasteiger partial charge < -0.3 is 14.5 Å². The lowest BCUT2D eigenvalue weighted by Gasteiger charge is -2.36. The zero-order valence-electron chi connectivity index (χ0n) is 19.9. The van der Waals surface area contributed by atoms with E-state index < -0.39 is 0 Å². The van der Waals surface area contributed by atoms with Gasteiger partial charge in [-0.1, -0.05) is 30.3 Å². The Morgan fingerprint density at radius 3 is 2.26 bits per heavy atom. The summed E-state index contributed by atoms with van der Waals surface area (Å²) < 4.78 is 5.09. The van der Waals surface area contributed by atoms with E-state index in [1.807, 2.05) is 48.4 Å². The molecule has 0 saturated carbocycles. The lowest BCUT2D eigenvalue weighted by atomic mass is 10.1. The van der Waals surface area contributed by atoms with Crippen LogP contribution < -0.4 is 9.80 Å². The lowest BCUT2D eigenvalue weighted by Crippen LogP contribution is -2.49. The van der Waals surface area contributed by atoms with Crippen LogP contribution in [0, 0.1) is 6.92 Å². The molecule has 2 aromatic carbocycles. The minimum atomic E-state index is -0.344. The quantitative estimate of drug-likeness (QED) is 0.524. The molecule has 7 nitrogen and oxygen atoms in total. The monoisotopic (exact) mass is 492 g/mol. The first-order chi connectivity index (χ1) is 16.5. The van der Waals surface area contributed by atoms with Crippen molar-refractivity contribution in [1.29, 1.82) is 0 Å². The number of carbonyl (C=O) groups is 2. The Balaban J connectivity index is 0.00000289. The van der Waals surface area contributed by atoms with E-state index in [4.69, 9.17) is 9.72 Å². The van der Waals surface area contributed by atoms with E-state index >= 15 is 0 Å². The normalized spacial score (nSPS) is 17.7. The first-order valence-corrected chi connectivity index (χ1v) is 11.6. The Bertz CT molecular complexity index is 1190. The smallest absolute Gasteiger partial charge is 0.414 e. The molecule has 3 aromatic rings. The third-order valence-electron chi connectivity index (χ3n) is 6.50. The van der Waals surface area contributed by atoms with E-state index in [1.165, 1.54) is 0 Å². The number of anilines is 2. The lowest BCUT2D eigenvalue weighted by molar-refractivity contribution is 0.0746. The van der Waals surface area contributed by atoms with Gasteiger partial charge in [-0.15, -0.1) is 12.4 Å². The van der Waals surface area contributed by atoms with Crippen LogP contribution in [0.25, 0.3) is 11.1 Å². The molecule has 2 aliphatic heterocycles. The molecule has 8 heteroatoms. The van der Waals surface area contributed by atoms with Crippen LogP contribution >= 0.6 is 12.4 Å². The second kappa shape index (κ2) is 10.4. The SMILES string of the molecule is Cc1cc(-c2ccccc2)cnc1N1CCN(C(=O)c2ccc(N3C(=O)OC[C@H]3C)cc2)CC1.Cl. The number of aromatic nitrogens is 1. The molecule has 1 aromatic heterocycles.